The van der Waals surface area contributed by atoms with Gasteiger partial charge in [-0.1, -0.05) is 25.3 Å². The second kappa shape index (κ2) is 6.89. The number of nitrogens with zero attached hydrogens (tertiary/aromatic N) is 1. The first-order valence-electron chi connectivity index (χ1n) is 7.19. The van der Waals surface area contributed by atoms with Crippen molar-refractivity contribution in [3.05, 3.63) is 39.4 Å². The number of hydrogen-bond donors (Lipinski definition) is 1. The number of benzene rings is 1. The van der Waals surface area contributed by atoms with E-state index in [4.69, 9.17) is 11.6 Å². The highest BCUT2D eigenvalue weighted by molar-refractivity contribution is 6.21. The monoisotopic (exact) mass is 310 g/mol. The number of hydrogen-bond acceptors (Lipinski definition) is 3. The number of alkyl halides is 1. The molecule has 1 fully saturated rings. The van der Waals surface area contributed by atoms with Crippen LogP contribution in [0.5, 0.6) is 0 Å². The SMILES string of the molecule is Cc1ccc([N+](=O)[O-])c(C(=O)NC2CCCCCC2Cl)c1. The Kier molecular flexibility index (Phi) is 5.17. The third-order valence-corrected chi connectivity index (χ3v) is 4.36. The molecule has 1 N–H and O–H groups in total. The van der Waals surface area contributed by atoms with Crippen LogP contribution < -0.4 is 5.32 Å². The third kappa shape index (κ3) is 3.94. The van der Waals surface area contributed by atoms with Gasteiger partial charge in [-0.3, -0.25) is 14.9 Å². The molecule has 0 radical (unpaired) electrons. The lowest BCUT2D eigenvalue weighted by molar-refractivity contribution is -0.385. The predicted octanol–water partition coefficient (Wildman–Crippen LogP) is 3.57. The molecule has 5 nitrogen and oxygen atoms in total. The van der Waals surface area contributed by atoms with Gasteiger partial charge in [0.25, 0.3) is 11.6 Å². The number of carbonyl (C=O) groups excluding carboxylic acids is 1. The molecule has 0 aromatic heterocycles. The van der Waals surface area contributed by atoms with Crippen LogP contribution in [0.1, 0.15) is 48.0 Å². The summed E-state index contributed by atoms with van der Waals surface area (Å²) in [7, 11) is 0. The van der Waals surface area contributed by atoms with Gasteiger partial charge in [0, 0.05) is 12.1 Å². The minimum atomic E-state index is -0.528. The zero-order valence-corrected chi connectivity index (χ0v) is 12.7. The van der Waals surface area contributed by atoms with Crippen LogP contribution in [-0.4, -0.2) is 22.2 Å². The van der Waals surface area contributed by atoms with E-state index >= 15 is 0 Å². The minimum absolute atomic E-state index is 0.105. The molecule has 0 aliphatic heterocycles. The zero-order chi connectivity index (χ0) is 15.4. The summed E-state index contributed by atoms with van der Waals surface area (Å²) in [5, 5.41) is 13.8. The van der Waals surface area contributed by atoms with Crippen molar-refractivity contribution in [2.45, 2.75) is 50.4 Å². The van der Waals surface area contributed by atoms with Gasteiger partial charge in [-0.2, -0.15) is 0 Å². The van der Waals surface area contributed by atoms with Crippen LogP contribution in [0.4, 0.5) is 5.69 Å². The first-order chi connectivity index (χ1) is 9.99. The largest absolute Gasteiger partial charge is 0.348 e. The van der Waals surface area contributed by atoms with Gasteiger partial charge in [0.1, 0.15) is 5.56 Å². The summed E-state index contributed by atoms with van der Waals surface area (Å²) < 4.78 is 0. The second-order valence-electron chi connectivity index (χ2n) is 5.51. The quantitative estimate of drug-likeness (QED) is 0.401. The Morgan fingerprint density at radius 3 is 2.76 bits per heavy atom. The van der Waals surface area contributed by atoms with Crippen molar-refractivity contribution in [1.82, 2.24) is 5.32 Å². The Morgan fingerprint density at radius 1 is 1.33 bits per heavy atom. The van der Waals surface area contributed by atoms with Gasteiger partial charge < -0.3 is 5.32 Å². The van der Waals surface area contributed by atoms with Crippen molar-refractivity contribution in [3.8, 4) is 0 Å². The van der Waals surface area contributed by atoms with Gasteiger partial charge in [-0.05, 0) is 31.4 Å². The second-order valence-corrected chi connectivity index (χ2v) is 6.07. The molecule has 2 unspecified atom stereocenters. The Balaban J connectivity index is 2.19. The number of halogens is 1. The number of carbonyl (C=O) groups is 1. The molecule has 0 bridgehead atoms. The standard InChI is InChI=1S/C15H19ClN2O3/c1-10-7-8-14(18(20)21)11(9-10)15(19)17-13-6-4-2-3-5-12(13)16/h7-9,12-13H,2-6H2,1H3,(H,17,19). The van der Waals surface area contributed by atoms with E-state index in [0.717, 1.165) is 37.7 Å². The molecule has 114 valence electrons. The van der Waals surface area contributed by atoms with Gasteiger partial charge in [-0.25, -0.2) is 0 Å². The summed E-state index contributed by atoms with van der Waals surface area (Å²) >= 11 is 6.30. The molecule has 1 aliphatic carbocycles. The van der Waals surface area contributed by atoms with E-state index in [1.807, 2.05) is 0 Å². The van der Waals surface area contributed by atoms with E-state index in [9.17, 15) is 14.9 Å². The molecule has 2 atom stereocenters. The maximum absolute atomic E-state index is 12.4. The number of aryl methyl sites for hydroxylation is 1. The number of nitro benzene ring substituents is 1. The first kappa shape index (κ1) is 15.8. The van der Waals surface area contributed by atoms with Crippen molar-refractivity contribution < 1.29 is 9.72 Å². The predicted molar refractivity (Wildman–Crippen MR) is 81.8 cm³/mol. The summed E-state index contributed by atoms with van der Waals surface area (Å²) in [5.74, 6) is -0.414. The summed E-state index contributed by atoms with van der Waals surface area (Å²) in [6.45, 7) is 1.80. The van der Waals surface area contributed by atoms with Crippen LogP contribution in [0, 0.1) is 17.0 Å². The van der Waals surface area contributed by atoms with Crippen LogP contribution in [0.25, 0.3) is 0 Å². The maximum Gasteiger partial charge on any atom is 0.282 e. The number of nitrogens with one attached hydrogen (secondary N) is 1. The topological polar surface area (TPSA) is 72.2 Å². The van der Waals surface area contributed by atoms with E-state index in [2.05, 4.69) is 5.32 Å². The van der Waals surface area contributed by atoms with E-state index in [1.54, 1.807) is 19.1 Å². The zero-order valence-electron chi connectivity index (χ0n) is 12.0. The lowest BCUT2D eigenvalue weighted by Gasteiger charge is -2.21. The van der Waals surface area contributed by atoms with Gasteiger partial charge in [0.2, 0.25) is 0 Å². The summed E-state index contributed by atoms with van der Waals surface area (Å²) in [6, 6.07) is 4.43. The van der Waals surface area contributed by atoms with Crippen molar-refractivity contribution in [2.75, 3.05) is 0 Å². The summed E-state index contributed by atoms with van der Waals surface area (Å²) in [4.78, 5) is 22.9. The third-order valence-electron chi connectivity index (χ3n) is 3.84. The van der Waals surface area contributed by atoms with Crippen molar-refractivity contribution >= 4 is 23.2 Å². The smallest absolute Gasteiger partial charge is 0.282 e. The molecule has 0 saturated heterocycles. The minimum Gasteiger partial charge on any atom is -0.348 e. The van der Waals surface area contributed by atoms with Crippen molar-refractivity contribution in [1.29, 1.82) is 0 Å². The summed E-state index contributed by atoms with van der Waals surface area (Å²) in [5.41, 5.74) is 0.750. The van der Waals surface area contributed by atoms with Crippen LogP contribution in [-0.2, 0) is 0 Å². The lowest BCUT2D eigenvalue weighted by Crippen LogP contribution is -2.40. The van der Waals surface area contributed by atoms with Crippen molar-refractivity contribution in [2.24, 2.45) is 0 Å². The molecule has 21 heavy (non-hydrogen) atoms. The average molecular weight is 311 g/mol. The van der Waals surface area contributed by atoms with E-state index in [1.165, 1.54) is 6.07 Å². The Labute approximate surface area is 128 Å². The fraction of sp³-hybridized carbons (Fsp3) is 0.533. The Hall–Kier alpha value is -1.62. The molecule has 2 rings (SSSR count). The van der Waals surface area contributed by atoms with E-state index in [0.29, 0.717) is 0 Å². The van der Waals surface area contributed by atoms with Crippen LogP contribution in [0.2, 0.25) is 0 Å². The molecule has 1 aromatic carbocycles. The molecule has 1 amide bonds. The number of rotatable bonds is 3. The van der Waals surface area contributed by atoms with Gasteiger partial charge in [0.15, 0.2) is 0 Å². The maximum atomic E-state index is 12.4. The Bertz CT molecular complexity index is 548. The van der Waals surface area contributed by atoms with Crippen molar-refractivity contribution in [3.63, 3.8) is 0 Å². The fourth-order valence-corrected chi connectivity index (χ4v) is 3.01. The Morgan fingerprint density at radius 2 is 2.05 bits per heavy atom. The van der Waals surface area contributed by atoms with Crippen LogP contribution in [0.15, 0.2) is 18.2 Å². The van der Waals surface area contributed by atoms with E-state index < -0.39 is 10.8 Å². The highest BCUT2D eigenvalue weighted by Crippen LogP contribution is 2.24. The molecule has 0 spiro atoms. The lowest BCUT2D eigenvalue weighted by atomic mass is 10.1. The molecule has 6 heteroatoms. The van der Waals surface area contributed by atoms with Gasteiger partial charge >= 0.3 is 0 Å². The van der Waals surface area contributed by atoms with Gasteiger partial charge in [-0.15, -0.1) is 11.6 Å². The van der Waals surface area contributed by atoms with Crippen LogP contribution in [0.3, 0.4) is 0 Å². The summed E-state index contributed by atoms with van der Waals surface area (Å²) in [6.07, 6.45) is 4.87. The van der Waals surface area contributed by atoms with Gasteiger partial charge in [0.05, 0.1) is 10.3 Å². The fourth-order valence-electron chi connectivity index (χ4n) is 2.66. The first-order valence-corrected chi connectivity index (χ1v) is 7.62. The molecule has 0 heterocycles. The molecule has 1 aliphatic rings. The molecule has 1 saturated carbocycles. The molecular formula is C15H19ClN2O3. The average Bonchev–Trinajstić information content (AvgIpc) is 2.63. The highest BCUT2D eigenvalue weighted by Gasteiger charge is 2.26. The van der Waals surface area contributed by atoms with Crippen LogP contribution >= 0.6 is 11.6 Å². The number of amides is 1. The number of nitro groups is 1. The molecular weight excluding hydrogens is 292 g/mol. The normalized spacial score (nSPS) is 22.4. The highest BCUT2D eigenvalue weighted by atomic mass is 35.5. The molecule has 1 aromatic rings. The van der Waals surface area contributed by atoms with E-state index in [-0.39, 0.29) is 22.7 Å².